The number of likely N-dealkylation sites (tertiary alicyclic amines) is 1. The van der Waals surface area contributed by atoms with Crippen molar-refractivity contribution in [3.8, 4) is 17.9 Å². The predicted octanol–water partition coefficient (Wildman–Crippen LogP) is 3.96. The average molecular weight is 326 g/mol. The van der Waals surface area contributed by atoms with Crippen LogP contribution in [0.5, 0.6) is 0 Å². The molecule has 2 rings (SSSR count). The molecule has 3 nitrogen and oxygen atoms in total. The maximum Gasteiger partial charge on any atom is 0.0627 e. The molecular formula is C21H30N2O. The molecule has 0 radical (unpaired) electrons. The lowest BCUT2D eigenvalue weighted by Crippen LogP contribution is -2.38. The summed E-state index contributed by atoms with van der Waals surface area (Å²) in [6.07, 6.45) is 3.40. The number of aliphatic hydroxyl groups excluding tert-OH is 1. The first-order valence-corrected chi connectivity index (χ1v) is 8.93. The van der Waals surface area contributed by atoms with Gasteiger partial charge in [0.15, 0.2) is 0 Å². The van der Waals surface area contributed by atoms with Crippen LogP contribution in [0.25, 0.3) is 0 Å². The Morgan fingerprint density at radius 1 is 1.17 bits per heavy atom. The van der Waals surface area contributed by atoms with E-state index in [1.807, 2.05) is 26.0 Å². The fourth-order valence-electron chi connectivity index (χ4n) is 2.79. The normalized spacial score (nSPS) is 16.1. The van der Waals surface area contributed by atoms with Gasteiger partial charge < -0.3 is 5.11 Å². The van der Waals surface area contributed by atoms with Crippen LogP contribution in [-0.4, -0.2) is 29.7 Å². The first-order valence-electron chi connectivity index (χ1n) is 8.93. The van der Waals surface area contributed by atoms with Crippen molar-refractivity contribution < 1.29 is 5.11 Å². The Hall–Kier alpha value is -1.81. The summed E-state index contributed by atoms with van der Waals surface area (Å²) in [7, 11) is 0. The highest BCUT2D eigenvalue weighted by Crippen LogP contribution is 2.34. The third-order valence-corrected chi connectivity index (χ3v) is 4.40. The minimum absolute atomic E-state index is 0.116. The molecule has 1 N–H and O–H groups in total. The Balaban J connectivity index is 0.00000139. The van der Waals surface area contributed by atoms with Gasteiger partial charge in [-0.25, -0.2) is 0 Å². The molecule has 1 fully saturated rings. The van der Waals surface area contributed by atoms with Crippen molar-refractivity contribution in [2.45, 2.75) is 53.0 Å². The van der Waals surface area contributed by atoms with Gasteiger partial charge in [-0.3, -0.25) is 4.90 Å². The van der Waals surface area contributed by atoms with Crippen LogP contribution in [0.3, 0.4) is 0 Å². The van der Waals surface area contributed by atoms with E-state index in [0.717, 1.165) is 38.0 Å². The summed E-state index contributed by atoms with van der Waals surface area (Å²) < 4.78 is 0. The molecule has 1 heterocycles. The standard InChI is InChI=1S/C19H24N2O.C2H6/c1-19(9-12-20)10-13-21(14-11-19)16-18-7-5-17(6-8-18)4-2-3-15-22;1-2/h5-8,22H,3,9-11,13-16H2,1H3;1-2H3. The molecule has 0 bridgehead atoms. The zero-order chi connectivity index (χ0) is 17.8. The van der Waals surface area contributed by atoms with Crippen molar-refractivity contribution in [3.63, 3.8) is 0 Å². The fourth-order valence-corrected chi connectivity index (χ4v) is 2.79. The van der Waals surface area contributed by atoms with E-state index in [2.05, 4.69) is 41.9 Å². The largest absolute Gasteiger partial charge is 0.395 e. The van der Waals surface area contributed by atoms with Crippen molar-refractivity contribution in [1.29, 1.82) is 5.26 Å². The highest BCUT2D eigenvalue weighted by atomic mass is 16.2. The summed E-state index contributed by atoms with van der Waals surface area (Å²) in [5.74, 6) is 5.98. The van der Waals surface area contributed by atoms with Gasteiger partial charge in [0.05, 0.1) is 12.7 Å². The number of nitriles is 1. The first kappa shape index (κ1) is 20.2. The molecule has 24 heavy (non-hydrogen) atoms. The molecule has 0 aliphatic carbocycles. The van der Waals surface area contributed by atoms with E-state index in [1.54, 1.807) is 0 Å². The molecule has 0 saturated carbocycles. The van der Waals surface area contributed by atoms with E-state index in [-0.39, 0.29) is 12.0 Å². The number of hydrogen-bond acceptors (Lipinski definition) is 3. The van der Waals surface area contributed by atoms with Crippen molar-refractivity contribution >= 4 is 0 Å². The van der Waals surface area contributed by atoms with Gasteiger partial charge in [0.1, 0.15) is 0 Å². The Morgan fingerprint density at radius 3 is 2.33 bits per heavy atom. The summed E-state index contributed by atoms with van der Waals surface area (Å²) in [6, 6.07) is 10.7. The summed E-state index contributed by atoms with van der Waals surface area (Å²) in [4.78, 5) is 2.46. The fraction of sp³-hybridized carbons (Fsp3) is 0.571. The second-order valence-electron chi connectivity index (χ2n) is 6.39. The zero-order valence-corrected chi connectivity index (χ0v) is 15.3. The Labute approximate surface area is 147 Å². The Bertz CT molecular complexity index is 567. The van der Waals surface area contributed by atoms with E-state index >= 15 is 0 Å². The van der Waals surface area contributed by atoms with Gasteiger partial charge >= 0.3 is 0 Å². The van der Waals surface area contributed by atoms with Crippen molar-refractivity contribution in [2.24, 2.45) is 5.41 Å². The van der Waals surface area contributed by atoms with Gasteiger partial charge in [0.25, 0.3) is 0 Å². The van der Waals surface area contributed by atoms with Crippen LogP contribution in [0.15, 0.2) is 24.3 Å². The molecule has 1 aromatic rings. The number of nitrogens with zero attached hydrogens (tertiary/aromatic N) is 2. The summed E-state index contributed by atoms with van der Waals surface area (Å²) >= 11 is 0. The van der Waals surface area contributed by atoms with Gasteiger partial charge in [0.2, 0.25) is 0 Å². The summed E-state index contributed by atoms with van der Waals surface area (Å²) in [5.41, 5.74) is 2.51. The smallest absolute Gasteiger partial charge is 0.0627 e. The molecule has 0 aromatic heterocycles. The maximum absolute atomic E-state index is 8.90. The lowest BCUT2D eigenvalue weighted by molar-refractivity contribution is 0.116. The molecule has 0 amide bonds. The van der Waals surface area contributed by atoms with Crippen molar-refractivity contribution in [2.75, 3.05) is 19.7 Å². The number of hydrogen-bond donors (Lipinski definition) is 1. The van der Waals surface area contributed by atoms with E-state index in [0.29, 0.717) is 12.8 Å². The second-order valence-corrected chi connectivity index (χ2v) is 6.39. The molecule has 0 atom stereocenters. The van der Waals surface area contributed by atoms with Crippen molar-refractivity contribution in [1.82, 2.24) is 4.90 Å². The van der Waals surface area contributed by atoms with Gasteiger partial charge in [-0.05, 0) is 49.0 Å². The van der Waals surface area contributed by atoms with Crippen LogP contribution in [0, 0.1) is 28.6 Å². The van der Waals surface area contributed by atoms with E-state index in [1.165, 1.54) is 5.56 Å². The van der Waals surface area contributed by atoms with Crippen LogP contribution in [-0.2, 0) is 6.54 Å². The van der Waals surface area contributed by atoms with Crippen molar-refractivity contribution in [3.05, 3.63) is 35.4 Å². The van der Waals surface area contributed by atoms with Gasteiger partial charge in [-0.2, -0.15) is 5.26 Å². The molecule has 1 aromatic carbocycles. The first-order chi connectivity index (χ1) is 11.6. The van der Waals surface area contributed by atoms with Crippen LogP contribution in [0.4, 0.5) is 0 Å². The Kier molecular flexibility index (Phi) is 9.16. The van der Waals surface area contributed by atoms with Crippen LogP contribution in [0.1, 0.15) is 57.6 Å². The molecule has 1 saturated heterocycles. The summed E-state index contributed by atoms with van der Waals surface area (Å²) in [6.45, 7) is 9.44. The third-order valence-electron chi connectivity index (χ3n) is 4.40. The third kappa shape index (κ3) is 6.75. The number of benzene rings is 1. The summed E-state index contributed by atoms with van der Waals surface area (Å²) in [5, 5.41) is 17.6. The molecule has 0 spiro atoms. The Morgan fingerprint density at radius 2 is 1.79 bits per heavy atom. The highest BCUT2D eigenvalue weighted by Gasteiger charge is 2.29. The minimum atomic E-state index is 0.116. The molecular weight excluding hydrogens is 296 g/mol. The highest BCUT2D eigenvalue weighted by molar-refractivity contribution is 5.36. The number of piperidine rings is 1. The average Bonchev–Trinajstić information content (AvgIpc) is 2.61. The molecule has 130 valence electrons. The number of aliphatic hydroxyl groups is 1. The maximum atomic E-state index is 8.90. The number of rotatable bonds is 4. The van der Waals surface area contributed by atoms with Crippen LogP contribution >= 0.6 is 0 Å². The molecule has 1 aliphatic heterocycles. The lowest BCUT2D eigenvalue weighted by Gasteiger charge is -2.38. The lowest BCUT2D eigenvalue weighted by atomic mass is 9.78. The molecule has 3 heteroatoms. The monoisotopic (exact) mass is 326 g/mol. The zero-order valence-electron chi connectivity index (χ0n) is 15.3. The van der Waals surface area contributed by atoms with E-state index in [9.17, 15) is 0 Å². The minimum Gasteiger partial charge on any atom is -0.395 e. The molecule has 0 unspecified atom stereocenters. The second kappa shape index (κ2) is 10.9. The van der Waals surface area contributed by atoms with Crippen LogP contribution < -0.4 is 0 Å². The van der Waals surface area contributed by atoms with Gasteiger partial charge in [0, 0.05) is 24.9 Å². The van der Waals surface area contributed by atoms with Gasteiger partial charge in [-0.15, -0.1) is 0 Å². The van der Waals surface area contributed by atoms with E-state index < -0.39 is 0 Å². The molecule has 1 aliphatic rings. The quantitative estimate of drug-likeness (QED) is 0.852. The van der Waals surface area contributed by atoms with Gasteiger partial charge in [-0.1, -0.05) is 44.7 Å². The van der Waals surface area contributed by atoms with E-state index in [4.69, 9.17) is 10.4 Å². The SMILES string of the molecule is CC.CC1(CC#N)CCN(Cc2ccc(C#CCCO)cc2)CC1. The van der Waals surface area contributed by atoms with Crippen LogP contribution in [0.2, 0.25) is 0 Å². The topological polar surface area (TPSA) is 47.3 Å². The predicted molar refractivity (Wildman–Crippen MR) is 99.2 cm³/mol.